The van der Waals surface area contributed by atoms with E-state index in [9.17, 15) is 14.9 Å². The standard InChI is InChI=1S/C23H27N3O6/c1-3-31-21-12-17-10-15(2)32-22(17)13-18(21)14-24-23(27)16-4-5-19(20(11-16)26(28)29)25-6-8-30-9-7-25/h4-5,11-13,15H,3,6-10,14H2,1-2H3,(H,24,27)/t15-/m1/s1. The summed E-state index contributed by atoms with van der Waals surface area (Å²) >= 11 is 0. The normalized spacial score (nSPS) is 17.4. The summed E-state index contributed by atoms with van der Waals surface area (Å²) in [6.45, 7) is 6.83. The minimum Gasteiger partial charge on any atom is -0.494 e. The molecule has 4 rings (SSSR count). The molecule has 2 aromatic rings. The summed E-state index contributed by atoms with van der Waals surface area (Å²) in [6, 6.07) is 8.44. The van der Waals surface area contributed by atoms with Crippen molar-refractivity contribution in [3.05, 3.63) is 57.1 Å². The molecule has 0 bridgehead atoms. The Morgan fingerprint density at radius 1 is 1.28 bits per heavy atom. The number of carbonyl (C=O) groups excluding carboxylic acids is 1. The lowest BCUT2D eigenvalue weighted by atomic mass is 10.1. The molecule has 2 heterocycles. The first-order chi connectivity index (χ1) is 15.5. The molecule has 0 radical (unpaired) electrons. The number of benzene rings is 2. The van der Waals surface area contributed by atoms with Gasteiger partial charge in [-0.05, 0) is 38.1 Å². The van der Waals surface area contributed by atoms with E-state index >= 15 is 0 Å². The van der Waals surface area contributed by atoms with Crippen molar-refractivity contribution in [2.75, 3.05) is 37.8 Å². The van der Waals surface area contributed by atoms with Crippen LogP contribution >= 0.6 is 0 Å². The van der Waals surface area contributed by atoms with Crippen molar-refractivity contribution in [3.8, 4) is 11.5 Å². The molecule has 1 amide bonds. The lowest BCUT2D eigenvalue weighted by molar-refractivity contribution is -0.384. The quantitative estimate of drug-likeness (QED) is 0.520. The number of nitrogens with zero attached hydrogens (tertiary/aromatic N) is 2. The molecule has 2 aliphatic heterocycles. The van der Waals surface area contributed by atoms with Crippen LogP contribution in [0.5, 0.6) is 11.5 Å². The zero-order valence-electron chi connectivity index (χ0n) is 18.3. The van der Waals surface area contributed by atoms with E-state index in [-0.39, 0.29) is 29.8 Å². The fourth-order valence-electron chi connectivity index (χ4n) is 4.07. The molecule has 170 valence electrons. The number of nitro groups is 1. The highest BCUT2D eigenvalue weighted by molar-refractivity contribution is 5.95. The van der Waals surface area contributed by atoms with Crippen LogP contribution in [-0.2, 0) is 17.7 Å². The Hall–Kier alpha value is -3.33. The summed E-state index contributed by atoms with van der Waals surface area (Å²) in [5.74, 6) is 1.12. The predicted molar refractivity (Wildman–Crippen MR) is 119 cm³/mol. The number of carbonyl (C=O) groups is 1. The summed E-state index contributed by atoms with van der Waals surface area (Å²) in [5, 5.41) is 14.5. The van der Waals surface area contributed by atoms with Crippen molar-refractivity contribution in [1.29, 1.82) is 0 Å². The molecule has 2 aliphatic rings. The number of ether oxygens (including phenoxy) is 3. The number of anilines is 1. The van der Waals surface area contributed by atoms with Gasteiger partial charge in [0.2, 0.25) is 0 Å². The number of rotatable bonds is 7. The van der Waals surface area contributed by atoms with Crippen LogP contribution in [0.3, 0.4) is 0 Å². The monoisotopic (exact) mass is 441 g/mol. The lowest BCUT2D eigenvalue weighted by Gasteiger charge is -2.28. The Morgan fingerprint density at radius 2 is 2.06 bits per heavy atom. The third-order valence-corrected chi connectivity index (χ3v) is 5.60. The molecule has 1 saturated heterocycles. The van der Waals surface area contributed by atoms with Crippen LogP contribution in [-0.4, -0.2) is 49.8 Å². The summed E-state index contributed by atoms with van der Waals surface area (Å²) in [6.07, 6.45) is 0.927. The second kappa shape index (κ2) is 9.44. The van der Waals surface area contributed by atoms with Crippen molar-refractivity contribution in [3.63, 3.8) is 0 Å². The van der Waals surface area contributed by atoms with E-state index in [1.165, 1.54) is 6.07 Å². The summed E-state index contributed by atoms with van der Waals surface area (Å²) in [7, 11) is 0. The van der Waals surface area contributed by atoms with Gasteiger partial charge in [-0.15, -0.1) is 0 Å². The second-order valence-corrected chi connectivity index (χ2v) is 7.88. The van der Waals surface area contributed by atoms with Gasteiger partial charge in [-0.3, -0.25) is 14.9 Å². The van der Waals surface area contributed by atoms with Gasteiger partial charge >= 0.3 is 0 Å². The van der Waals surface area contributed by atoms with E-state index in [2.05, 4.69) is 5.32 Å². The van der Waals surface area contributed by atoms with Crippen LogP contribution in [0.4, 0.5) is 11.4 Å². The van der Waals surface area contributed by atoms with Crippen molar-refractivity contribution in [2.24, 2.45) is 0 Å². The molecule has 0 unspecified atom stereocenters. The molecule has 2 aromatic carbocycles. The van der Waals surface area contributed by atoms with E-state index in [4.69, 9.17) is 14.2 Å². The first-order valence-corrected chi connectivity index (χ1v) is 10.8. The third-order valence-electron chi connectivity index (χ3n) is 5.60. The Morgan fingerprint density at radius 3 is 2.78 bits per heavy atom. The van der Waals surface area contributed by atoms with Crippen LogP contribution in [0.1, 0.15) is 35.3 Å². The molecule has 0 aliphatic carbocycles. The fourth-order valence-corrected chi connectivity index (χ4v) is 4.07. The molecule has 9 heteroatoms. The molecule has 0 spiro atoms. The molecule has 32 heavy (non-hydrogen) atoms. The Balaban J connectivity index is 1.51. The number of amides is 1. The van der Waals surface area contributed by atoms with Gasteiger partial charge in [0, 0.05) is 48.8 Å². The van der Waals surface area contributed by atoms with Crippen LogP contribution in [0.25, 0.3) is 0 Å². The second-order valence-electron chi connectivity index (χ2n) is 7.88. The molecule has 1 N–H and O–H groups in total. The molecular weight excluding hydrogens is 414 g/mol. The Kier molecular flexibility index (Phi) is 6.45. The minimum atomic E-state index is -0.451. The van der Waals surface area contributed by atoms with Gasteiger partial charge in [-0.25, -0.2) is 0 Å². The zero-order valence-corrected chi connectivity index (χ0v) is 18.3. The van der Waals surface area contributed by atoms with Crippen LogP contribution in [0.15, 0.2) is 30.3 Å². The average molecular weight is 441 g/mol. The largest absolute Gasteiger partial charge is 0.494 e. The van der Waals surface area contributed by atoms with Crippen LogP contribution in [0, 0.1) is 10.1 Å². The highest BCUT2D eigenvalue weighted by Gasteiger charge is 2.24. The van der Waals surface area contributed by atoms with Crippen molar-refractivity contribution >= 4 is 17.3 Å². The number of nitrogens with one attached hydrogen (secondary N) is 1. The third kappa shape index (κ3) is 4.62. The van der Waals surface area contributed by atoms with E-state index in [0.29, 0.717) is 44.3 Å². The summed E-state index contributed by atoms with van der Waals surface area (Å²) in [4.78, 5) is 25.9. The van der Waals surface area contributed by atoms with E-state index in [1.807, 2.05) is 30.9 Å². The topological polar surface area (TPSA) is 103 Å². The maximum absolute atomic E-state index is 12.8. The van der Waals surface area contributed by atoms with Crippen molar-refractivity contribution in [2.45, 2.75) is 32.9 Å². The number of hydrogen-bond donors (Lipinski definition) is 1. The molecule has 1 fully saturated rings. The zero-order chi connectivity index (χ0) is 22.7. The van der Waals surface area contributed by atoms with Crippen molar-refractivity contribution in [1.82, 2.24) is 5.32 Å². The molecular formula is C23H27N3O6. The average Bonchev–Trinajstić information content (AvgIpc) is 3.16. The Bertz CT molecular complexity index is 1020. The number of morpholine rings is 1. The Labute approximate surface area is 186 Å². The summed E-state index contributed by atoms with van der Waals surface area (Å²) < 4.78 is 16.9. The lowest BCUT2D eigenvalue weighted by Crippen LogP contribution is -2.36. The number of fused-ring (bicyclic) bond motifs is 1. The SMILES string of the molecule is CCOc1cc2c(cc1CNC(=O)c1ccc(N3CCOCC3)c([N+](=O)[O-])c1)O[C@H](C)C2. The molecule has 0 saturated carbocycles. The van der Waals surface area contributed by atoms with Gasteiger partial charge in [0.1, 0.15) is 23.3 Å². The van der Waals surface area contributed by atoms with Crippen molar-refractivity contribution < 1.29 is 23.9 Å². The highest BCUT2D eigenvalue weighted by Crippen LogP contribution is 2.35. The maximum Gasteiger partial charge on any atom is 0.293 e. The van der Waals surface area contributed by atoms with Crippen LogP contribution in [0.2, 0.25) is 0 Å². The predicted octanol–water partition coefficient (Wildman–Crippen LogP) is 3.08. The van der Waals surface area contributed by atoms with Gasteiger partial charge < -0.3 is 24.4 Å². The smallest absolute Gasteiger partial charge is 0.293 e. The minimum absolute atomic E-state index is 0.0885. The maximum atomic E-state index is 12.8. The van der Waals surface area contributed by atoms with Gasteiger partial charge in [0.15, 0.2) is 0 Å². The number of hydrogen-bond acceptors (Lipinski definition) is 7. The molecule has 9 nitrogen and oxygen atoms in total. The van der Waals surface area contributed by atoms with E-state index < -0.39 is 4.92 Å². The van der Waals surface area contributed by atoms with E-state index in [1.54, 1.807) is 12.1 Å². The summed E-state index contributed by atoms with van der Waals surface area (Å²) in [5.41, 5.74) is 2.53. The first kappa shape index (κ1) is 21.9. The van der Waals surface area contributed by atoms with Gasteiger partial charge in [0.05, 0.1) is 24.7 Å². The highest BCUT2D eigenvalue weighted by atomic mass is 16.6. The van der Waals surface area contributed by atoms with Crippen LogP contribution < -0.4 is 19.7 Å². The van der Waals surface area contributed by atoms with Gasteiger partial charge in [-0.2, -0.15) is 0 Å². The first-order valence-electron chi connectivity index (χ1n) is 10.8. The van der Waals surface area contributed by atoms with Gasteiger partial charge in [-0.1, -0.05) is 0 Å². The molecule has 0 aromatic heterocycles. The molecule has 1 atom stereocenters. The van der Waals surface area contributed by atoms with E-state index in [0.717, 1.165) is 23.3 Å². The fraction of sp³-hybridized carbons (Fsp3) is 0.435. The van der Waals surface area contributed by atoms with Gasteiger partial charge in [0.25, 0.3) is 11.6 Å². The number of nitro benzene ring substituents is 1.